The highest BCUT2D eigenvalue weighted by molar-refractivity contribution is 6.05. The zero-order valence-corrected chi connectivity index (χ0v) is 15.5. The van der Waals surface area contributed by atoms with E-state index in [4.69, 9.17) is 0 Å². The van der Waals surface area contributed by atoms with Crippen LogP contribution in [0, 0.1) is 6.92 Å². The summed E-state index contributed by atoms with van der Waals surface area (Å²) in [5, 5.41) is 3.48. The Labute approximate surface area is 156 Å². The first-order valence-corrected chi connectivity index (χ1v) is 9.23. The first kappa shape index (κ1) is 17.5. The fraction of sp³-hybridized carbons (Fsp3) is 0.400. The lowest BCUT2D eigenvalue weighted by atomic mass is 9.88. The van der Waals surface area contributed by atoms with Crippen LogP contribution in [0.3, 0.4) is 0 Å². The van der Waals surface area contributed by atoms with Gasteiger partial charge in [-0.2, -0.15) is 0 Å². The summed E-state index contributed by atoms with van der Waals surface area (Å²) in [4.78, 5) is 46.6. The fourth-order valence-electron chi connectivity index (χ4n) is 4.49. The van der Waals surface area contributed by atoms with E-state index in [0.717, 1.165) is 32.1 Å². The molecule has 1 saturated heterocycles. The Bertz CT molecular complexity index is 1030. The number of hydrogen-bond acceptors (Lipinski definition) is 4. The monoisotopic (exact) mass is 366 g/mol. The molecule has 4 rings (SSSR count). The van der Waals surface area contributed by atoms with Crippen LogP contribution in [0.5, 0.6) is 0 Å². The summed E-state index contributed by atoms with van der Waals surface area (Å²) >= 11 is 0. The van der Waals surface area contributed by atoms with Gasteiger partial charge in [-0.15, -0.1) is 0 Å². The number of hydrogen-bond donors (Lipinski definition) is 2. The second-order valence-corrected chi connectivity index (χ2v) is 7.37. The molecule has 1 saturated carbocycles. The largest absolute Gasteiger partial charge is 0.358 e. The van der Waals surface area contributed by atoms with E-state index >= 15 is 0 Å². The number of allylic oxidation sites excluding steroid dienone is 1. The smallest absolute Gasteiger partial charge is 0.270 e. The maximum absolute atomic E-state index is 13.1. The van der Waals surface area contributed by atoms with Gasteiger partial charge in [0.2, 0.25) is 6.41 Å². The summed E-state index contributed by atoms with van der Waals surface area (Å²) in [7, 11) is 0. The van der Waals surface area contributed by atoms with Crippen molar-refractivity contribution in [2.75, 3.05) is 0 Å². The topological polar surface area (TPSA) is 95.2 Å². The Morgan fingerprint density at radius 3 is 2.70 bits per heavy atom. The maximum Gasteiger partial charge on any atom is 0.270 e. The summed E-state index contributed by atoms with van der Waals surface area (Å²) in [6, 6.07) is 1.74. The molecule has 3 heterocycles. The molecule has 0 atom stereocenters. The predicted octanol–water partition coefficient (Wildman–Crippen LogP) is 2.21. The van der Waals surface area contributed by atoms with Crippen LogP contribution in [0.1, 0.15) is 50.3 Å². The third-order valence-corrected chi connectivity index (χ3v) is 5.77. The number of H-pyrrole nitrogens is 1. The third kappa shape index (κ3) is 2.57. The lowest BCUT2D eigenvalue weighted by Gasteiger charge is -2.38. The zero-order valence-electron chi connectivity index (χ0n) is 15.5. The van der Waals surface area contributed by atoms with Crippen LogP contribution in [0.4, 0.5) is 0 Å². The van der Waals surface area contributed by atoms with Crippen LogP contribution in [0.2, 0.25) is 0 Å². The molecule has 27 heavy (non-hydrogen) atoms. The predicted molar refractivity (Wildman–Crippen MR) is 102 cm³/mol. The Kier molecular flexibility index (Phi) is 4.09. The standard InChI is InChI=1S/C20H22N4O3/c1-12(16-13(2)22-15-6-9-21-10-14(15)18(16)26)17-19(27)23-20(24(17)11-25)7-4-3-5-8-20/h6,9-11H,3-5,7-8H2,1-2H3,(H,22,26)(H,23,27)/b17-12-. The molecule has 2 aromatic heterocycles. The van der Waals surface area contributed by atoms with Gasteiger partial charge in [0.15, 0.2) is 5.43 Å². The molecule has 1 aliphatic heterocycles. The van der Waals surface area contributed by atoms with E-state index in [1.807, 2.05) is 0 Å². The van der Waals surface area contributed by atoms with E-state index in [2.05, 4.69) is 15.3 Å². The molecule has 0 unspecified atom stereocenters. The molecule has 7 nitrogen and oxygen atoms in total. The molecule has 140 valence electrons. The molecule has 2 amide bonds. The van der Waals surface area contributed by atoms with Crippen molar-refractivity contribution < 1.29 is 9.59 Å². The van der Waals surface area contributed by atoms with Crippen molar-refractivity contribution in [1.82, 2.24) is 20.2 Å². The molecule has 2 fully saturated rings. The number of fused-ring (bicyclic) bond motifs is 1. The SMILES string of the molecule is C/C(=C1\C(=O)NC2(CCCCC2)N1C=O)c1c(C)[nH]c2ccncc2c1=O. The van der Waals surface area contributed by atoms with E-state index in [0.29, 0.717) is 34.1 Å². The van der Waals surface area contributed by atoms with Crippen molar-refractivity contribution >= 4 is 28.8 Å². The lowest BCUT2D eigenvalue weighted by molar-refractivity contribution is -0.121. The lowest BCUT2D eigenvalue weighted by Crippen LogP contribution is -2.52. The minimum Gasteiger partial charge on any atom is -0.358 e. The molecule has 2 aliphatic rings. The molecule has 2 N–H and O–H groups in total. The number of aromatic nitrogens is 2. The number of nitrogens with zero attached hydrogens (tertiary/aromatic N) is 2. The maximum atomic E-state index is 13.1. The number of carbonyl (C=O) groups is 2. The van der Waals surface area contributed by atoms with Gasteiger partial charge in [0.05, 0.1) is 10.9 Å². The van der Waals surface area contributed by atoms with Gasteiger partial charge in [-0.05, 0) is 51.2 Å². The Morgan fingerprint density at radius 1 is 1.26 bits per heavy atom. The molecule has 2 aromatic rings. The Morgan fingerprint density at radius 2 is 2.00 bits per heavy atom. The van der Waals surface area contributed by atoms with Crippen LogP contribution < -0.4 is 10.7 Å². The first-order chi connectivity index (χ1) is 13.0. The van der Waals surface area contributed by atoms with Gasteiger partial charge >= 0.3 is 0 Å². The highest BCUT2D eigenvalue weighted by atomic mass is 16.2. The van der Waals surface area contributed by atoms with E-state index in [1.165, 1.54) is 11.1 Å². The Balaban J connectivity index is 1.93. The molecule has 1 aliphatic carbocycles. The van der Waals surface area contributed by atoms with Gasteiger partial charge in [-0.25, -0.2) is 0 Å². The van der Waals surface area contributed by atoms with Crippen molar-refractivity contribution in [3.05, 3.63) is 45.6 Å². The molecule has 7 heteroatoms. The number of rotatable bonds is 2. The van der Waals surface area contributed by atoms with Crippen LogP contribution in [-0.2, 0) is 9.59 Å². The summed E-state index contributed by atoms with van der Waals surface area (Å²) < 4.78 is 0. The number of pyridine rings is 2. The normalized spacial score (nSPS) is 20.8. The summed E-state index contributed by atoms with van der Waals surface area (Å²) in [5.74, 6) is -0.299. The third-order valence-electron chi connectivity index (χ3n) is 5.77. The Hall–Kier alpha value is -2.96. The van der Waals surface area contributed by atoms with Crippen molar-refractivity contribution in [2.24, 2.45) is 0 Å². The molecular weight excluding hydrogens is 344 g/mol. The van der Waals surface area contributed by atoms with Crippen LogP contribution >= 0.6 is 0 Å². The van der Waals surface area contributed by atoms with E-state index in [9.17, 15) is 14.4 Å². The van der Waals surface area contributed by atoms with E-state index in [1.54, 1.807) is 26.1 Å². The second-order valence-electron chi connectivity index (χ2n) is 7.37. The minimum absolute atomic E-state index is 0.192. The zero-order chi connectivity index (χ0) is 19.2. The van der Waals surface area contributed by atoms with Crippen molar-refractivity contribution in [2.45, 2.75) is 51.6 Å². The van der Waals surface area contributed by atoms with Gasteiger partial charge in [-0.3, -0.25) is 24.3 Å². The van der Waals surface area contributed by atoms with Gasteiger partial charge in [0.1, 0.15) is 11.4 Å². The van der Waals surface area contributed by atoms with E-state index in [-0.39, 0.29) is 17.0 Å². The number of carbonyl (C=O) groups excluding carboxylic acids is 2. The highest BCUT2D eigenvalue weighted by Crippen LogP contribution is 2.39. The van der Waals surface area contributed by atoms with Gasteiger partial charge in [-0.1, -0.05) is 6.42 Å². The molecule has 0 radical (unpaired) electrons. The average molecular weight is 366 g/mol. The van der Waals surface area contributed by atoms with Crippen molar-refractivity contribution in [1.29, 1.82) is 0 Å². The number of aromatic amines is 1. The van der Waals surface area contributed by atoms with Gasteiger partial charge in [0, 0.05) is 23.7 Å². The molecule has 0 aromatic carbocycles. The molecular formula is C20H22N4O3. The summed E-state index contributed by atoms with van der Waals surface area (Å²) in [6.07, 6.45) is 8.32. The number of nitrogens with one attached hydrogen (secondary N) is 2. The molecule has 1 spiro atoms. The summed E-state index contributed by atoms with van der Waals surface area (Å²) in [6.45, 7) is 3.53. The van der Waals surface area contributed by atoms with Gasteiger partial charge in [0.25, 0.3) is 5.91 Å². The van der Waals surface area contributed by atoms with E-state index < -0.39 is 5.66 Å². The van der Waals surface area contributed by atoms with Gasteiger partial charge < -0.3 is 10.3 Å². The van der Waals surface area contributed by atoms with Crippen LogP contribution in [0.15, 0.2) is 29.0 Å². The number of aryl methyl sites for hydroxylation is 1. The van der Waals surface area contributed by atoms with Crippen LogP contribution in [-0.4, -0.2) is 32.8 Å². The van der Waals surface area contributed by atoms with Crippen molar-refractivity contribution in [3.8, 4) is 0 Å². The second kappa shape index (κ2) is 6.33. The van der Waals surface area contributed by atoms with Crippen LogP contribution in [0.25, 0.3) is 16.5 Å². The first-order valence-electron chi connectivity index (χ1n) is 9.23. The average Bonchev–Trinajstić information content (AvgIpc) is 2.92. The molecule has 0 bridgehead atoms. The van der Waals surface area contributed by atoms with Crippen molar-refractivity contribution in [3.63, 3.8) is 0 Å². The highest BCUT2D eigenvalue weighted by Gasteiger charge is 2.48. The summed E-state index contributed by atoms with van der Waals surface area (Å²) in [5.41, 5.74) is 1.69. The fourth-order valence-corrected chi connectivity index (χ4v) is 4.49. The number of amides is 2. The quantitative estimate of drug-likeness (QED) is 0.629. The minimum atomic E-state index is -0.660.